The summed E-state index contributed by atoms with van der Waals surface area (Å²) < 4.78 is 0. The summed E-state index contributed by atoms with van der Waals surface area (Å²) >= 11 is 0. The van der Waals surface area contributed by atoms with E-state index in [0.717, 1.165) is 4.90 Å². The predicted molar refractivity (Wildman–Crippen MR) is 458 cm³/mol. The Morgan fingerprint density at radius 2 is 0.556 bits per heavy atom. The molecule has 124 heavy (non-hydrogen) atoms. The van der Waals surface area contributed by atoms with Crippen LogP contribution in [0.25, 0.3) is 0 Å². The van der Waals surface area contributed by atoms with Gasteiger partial charge in [-0.05, 0) is 162 Å². The maximum Gasteiger partial charge on any atom is 0.325 e. The number of carboxylic acids is 2. The number of carboxylic acid groups (broad SMARTS) is 2. The molecular weight excluding hydrogens is 1620 g/mol. The lowest BCUT2D eigenvalue weighted by Gasteiger charge is -2.30. The first-order chi connectivity index (χ1) is 57.6. The zero-order valence-corrected chi connectivity index (χ0v) is 74.5. The average molecular weight is 1760 g/mol. The number of aliphatic imine (C=N–C) groups is 3. The average Bonchev–Trinajstić information content (AvgIpc) is 1.62. The fourth-order valence-corrected chi connectivity index (χ4v) is 12.6. The molecule has 1 saturated heterocycles. The van der Waals surface area contributed by atoms with Crippen molar-refractivity contribution in [3.63, 3.8) is 0 Å². The van der Waals surface area contributed by atoms with Crippen LogP contribution in [0.3, 0.4) is 0 Å². The number of rotatable bonds is 56. The molecule has 0 unspecified atom stereocenters. The van der Waals surface area contributed by atoms with Crippen LogP contribution in [0.5, 0.6) is 0 Å². The van der Waals surface area contributed by atoms with E-state index in [1.54, 1.807) is 55.4 Å². The highest BCUT2D eigenvalue weighted by Crippen LogP contribution is 2.21. The Labute approximate surface area is 723 Å². The van der Waals surface area contributed by atoms with Gasteiger partial charge in [0.25, 0.3) is 0 Å². The summed E-state index contributed by atoms with van der Waals surface area (Å²) in [4.78, 5) is 259. The number of carbonyl (C=O) groups is 18. The van der Waals surface area contributed by atoms with E-state index in [1.807, 2.05) is 13.8 Å². The molecule has 46 heteroatoms. The van der Waals surface area contributed by atoms with Crippen LogP contribution in [0.2, 0.25) is 0 Å². The summed E-state index contributed by atoms with van der Waals surface area (Å²) in [6.45, 7) is 26.6. The SMILES string of the molecule is CC(C)C[C@H](NC(=O)[C@H](C)NC(=O)[C@H](C)NC(=O)[C@@H]1CCCN1C(=O)[C@H](CC(=O)O)NC(=O)[C@H](CC(C)C)NC(=O)[C@H](CCCN=C(N)N)NC(=O)[C@H](C)NC(=O)[C@H](CCCN=C(N)N)NC(=O)[C@H](CC(C)C)NC(=O)[C@H](CC(C)C)NC(=O)[C@H](C)NC(=O)[C@H](CCCN=C(N)N)NC(=O)[C@H](C)NC(=O)[C@@H](N)CC(C)C)C(=O)N[C@@H](C)C(=O)N[C@@H](C)C(=O)O. The molecule has 1 rings (SSSR count). The maximum absolute atomic E-state index is 14.6. The molecule has 1 aliphatic heterocycles. The lowest BCUT2D eigenvalue weighted by Crippen LogP contribution is -2.60. The van der Waals surface area contributed by atoms with Gasteiger partial charge >= 0.3 is 11.9 Å². The molecule has 0 bridgehead atoms. The molecule has 702 valence electrons. The molecule has 1 fully saturated rings. The van der Waals surface area contributed by atoms with E-state index in [4.69, 9.17) is 40.1 Å². The van der Waals surface area contributed by atoms with Crippen LogP contribution < -0.4 is 120 Å². The third-order valence-corrected chi connectivity index (χ3v) is 19.2. The molecule has 0 radical (unpaired) electrons. The van der Waals surface area contributed by atoms with E-state index in [2.05, 4.69) is 94.7 Å². The molecular formula is C78H140N26O20. The van der Waals surface area contributed by atoms with Gasteiger partial charge in [0.2, 0.25) is 94.5 Å². The molecule has 1 heterocycles. The van der Waals surface area contributed by atoms with E-state index in [0.29, 0.717) is 6.42 Å². The molecule has 16 amide bonds. The second-order valence-electron chi connectivity index (χ2n) is 33.3. The zero-order valence-electron chi connectivity index (χ0n) is 74.5. The van der Waals surface area contributed by atoms with Crippen molar-refractivity contribution in [3.05, 3.63) is 0 Å². The molecule has 0 aromatic heterocycles. The minimum atomic E-state index is -1.86. The number of nitrogens with one attached hydrogen (secondary N) is 15. The minimum absolute atomic E-state index is 0.0117. The van der Waals surface area contributed by atoms with Crippen LogP contribution in [-0.2, 0) is 86.3 Å². The first-order valence-corrected chi connectivity index (χ1v) is 41.9. The van der Waals surface area contributed by atoms with Crippen molar-refractivity contribution < 1.29 is 96.5 Å². The first-order valence-electron chi connectivity index (χ1n) is 41.9. The minimum Gasteiger partial charge on any atom is -0.481 e. The maximum atomic E-state index is 14.6. The number of amides is 16. The second-order valence-corrected chi connectivity index (χ2v) is 33.3. The molecule has 17 atom stereocenters. The Morgan fingerprint density at radius 3 is 0.863 bits per heavy atom. The van der Waals surface area contributed by atoms with Crippen molar-refractivity contribution in [2.75, 3.05) is 26.2 Å². The number of hydrogen-bond acceptors (Lipinski definition) is 22. The van der Waals surface area contributed by atoms with Crippen molar-refractivity contribution in [1.82, 2.24) is 84.7 Å². The van der Waals surface area contributed by atoms with Crippen LogP contribution in [-0.4, -0.2) is 268 Å². The third kappa shape index (κ3) is 42.8. The molecule has 1 aliphatic rings. The van der Waals surface area contributed by atoms with Gasteiger partial charge in [0, 0.05) is 26.2 Å². The summed E-state index contributed by atoms with van der Waals surface area (Å²) in [7, 11) is 0. The van der Waals surface area contributed by atoms with Crippen molar-refractivity contribution in [2.24, 2.45) is 84.7 Å². The summed E-state index contributed by atoms with van der Waals surface area (Å²) in [5.41, 5.74) is 39.3. The Kier molecular flexibility index (Phi) is 49.2. The third-order valence-electron chi connectivity index (χ3n) is 19.2. The van der Waals surface area contributed by atoms with Gasteiger partial charge in [0.1, 0.15) is 96.7 Å². The van der Waals surface area contributed by atoms with Crippen LogP contribution in [0.15, 0.2) is 15.0 Å². The monoisotopic (exact) mass is 1760 g/mol. The molecule has 0 saturated carbocycles. The van der Waals surface area contributed by atoms with Gasteiger partial charge in [-0.2, -0.15) is 0 Å². The van der Waals surface area contributed by atoms with E-state index in [1.165, 1.54) is 48.5 Å². The smallest absolute Gasteiger partial charge is 0.325 e. The highest BCUT2D eigenvalue weighted by atomic mass is 16.4. The highest BCUT2D eigenvalue weighted by Gasteiger charge is 2.42. The molecule has 31 N–H and O–H groups in total. The highest BCUT2D eigenvalue weighted by molar-refractivity contribution is 6.01. The van der Waals surface area contributed by atoms with Gasteiger partial charge in [-0.1, -0.05) is 69.2 Å². The number of likely N-dealkylation sites (tertiary alicyclic amines) is 1. The van der Waals surface area contributed by atoms with Gasteiger partial charge in [-0.25, -0.2) is 0 Å². The largest absolute Gasteiger partial charge is 0.481 e. The number of nitrogens with two attached hydrogens (primary N) is 7. The topological polar surface area (TPSA) is 751 Å². The number of hydrogen-bond donors (Lipinski definition) is 24. The van der Waals surface area contributed by atoms with Gasteiger partial charge in [-0.15, -0.1) is 0 Å². The molecule has 46 nitrogen and oxygen atoms in total. The fourth-order valence-electron chi connectivity index (χ4n) is 12.6. The summed E-state index contributed by atoms with van der Waals surface area (Å²) in [6, 6.07) is -23.0. The lowest BCUT2D eigenvalue weighted by molar-refractivity contribution is -0.146. The number of guanidine groups is 3. The molecule has 0 aliphatic carbocycles. The molecule has 0 spiro atoms. The lowest BCUT2D eigenvalue weighted by atomic mass is 9.99. The number of aliphatic carboxylic acids is 2. The van der Waals surface area contributed by atoms with Crippen LogP contribution in [0, 0.1) is 29.6 Å². The van der Waals surface area contributed by atoms with Gasteiger partial charge in [0.15, 0.2) is 17.9 Å². The van der Waals surface area contributed by atoms with Crippen LogP contribution >= 0.6 is 0 Å². The Morgan fingerprint density at radius 1 is 0.315 bits per heavy atom. The van der Waals surface area contributed by atoms with Crippen LogP contribution in [0.4, 0.5) is 0 Å². The standard InChI is InChI=1S/C78H140N26O20/c1-36(2)30-48(79)65(113)90-44(14)61(109)96-49(22-18-26-86-76(80)81)66(114)92-46(16)64(112)100-53(32-38(5)6)71(119)102-54(33-39(7)8)70(118)98-50(23-19-27-87-77(82)83)67(115)91-45(15)62(110)97-51(24-20-28-88-78(84)85)68(116)101-55(34-40(9)10)72(120)103-56(35-58(105)106)74(122)104-29-21-25-57(104)73(121)94-42(12)59(107)89-43(13)63(111)99-52(31-37(3)4)69(117)93-41(11)60(108)95-47(17)75(123)124/h36-57H,18-35,79H2,1-17H3,(H,89,107)(H,90,113)(H,91,115)(H,92,114)(H,93,117)(H,94,121)(H,95,108)(H,96,109)(H,97,110)(H,98,118)(H,99,111)(H,100,112)(H,101,116)(H,102,119)(H,103,120)(H,105,106)(H,123,124)(H4,80,81,86)(H4,82,83,87)(H4,84,85,88)/t41-,42-,43-,44-,45-,46-,47-,48-,49-,50-,51-,52-,53-,54-,55-,56-,57-/m0/s1. The zero-order chi connectivity index (χ0) is 94.9. The van der Waals surface area contributed by atoms with E-state index in [-0.39, 0.29) is 151 Å². The van der Waals surface area contributed by atoms with Crippen molar-refractivity contribution in [1.29, 1.82) is 0 Å². The summed E-state index contributed by atoms with van der Waals surface area (Å²) in [6.07, 6.45) is -0.687. The first kappa shape index (κ1) is 110. The molecule has 0 aromatic rings. The number of carbonyl (C=O) groups excluding carboxylic acids is 16. The van der Waals surface area contributed by atoms with Crippen molar-refractivity contribution in [3.8, 4) is 0 Å². The van der Waals surface area contributed by atoms with Gasteiger partial charge < -0.3 is 135 Å². The summed E-state index contributed by atoms with van der Waals surface area (Å²) in [5, 5.41) is 57.3. The van der Waals surface area contributed by atoms with Gasteiger partial charge in [-0.3, -0.25) is 101 Å². The van der Waals surface area contributed by atoms with E-state index in [9.17, 15) is 96.5 Å². The predicted octanol–water partition coefficient (Wildman–Crippen LogP) is -6.33. The van der Waals surface area contributed by atoms with Gasteiger partial charge in [0.05, 0.1) is 12.5 Å². The second kappa shape index (κ2) is 55.4. The summed E-state index contributed by atoms with van der Waals surface area (Å²) in [5.74, 6) is -18.6. The Hall–Kier alpha value is -11.8. The Bertz CT molecular complexity index is 3730. The number of nitrogens with zero attached hydrogens (tertiary/aromatic N) is 4. The normalized spacial score (nSPS) is 16.3. The Balaban J connectivity index is 3.55. The fraction of sp³-hybridized carbons (Fsp3) is 0.731. The molecule has 0 aromatic carbocycles. The van der Waals surface area contributed by atoms with Crippen molar-refractivity contribution >= 4 is 124 Å². The van der Waals surface area contributed by atoms with Crippen LogP contribution in [0.1, 0.15) is 208 Å². The van der Waals surface area contributed by atoms with Crippen molar-refractivity contribution in [2.45, 2.75) is 310 Å². The van der Waals surface area contributed by atoms with E-state index >= 15 is 0 Å². The quantitative estimate of drug-likeness (QED) is 0.0153. The van der Waals surface area contributed by atoms with E-state index < -0.39 is 216 Å².